The third kappa shape index (κ3) is 5.69. The maximum absolute atomic E-state index is 12.4. The third-order valence-corrected chi connectivity index (χ3v) is 3.99. The number of nitrogens with one attached hydrogen (secondary N) is 1. The van der Waals surface area contributed by atoms with E-state index in [4.69, 9.17) is 14.2 Å². The van der Waals surface area contributed by atoms with Crippen LogP contribution in [-0.2, 0) is 4.79 Å². The zero-order valence-corrected chi connectivity index (χ0v) is 15.8. The Hall–Kier alpha value is -2.69. The molecular weight excluding hydrogens is 330 g/mol. The fraction of sp³-hybridized carbons (Fsp3) is 0.381. The molecule has 1 atom stereocenters. The van der Waals surface area contributed by atoms with Gasteiger partial charge in [-0.3, -0.25) is 4.79 Å². The van der Waals surface area contributed by atoms with Gasteiger partial charge < -0.3 is 19.5 Å². The average molecular weight is 357 g/mol. The van der Waals surface area contributed by atoms with Crippen molar-refractivity contribution < 1.29 is 19.0 Å². The molecule has 0 aliphatic rings. The Bertz CT molecular complexity index is 697. The van der Waals surface area contributed by atoms with E-state index in [0.717, 1.165) is 17.7 Å². The first-order valence-corrected chi connectivity index (χ1v) is 8.72. The minimum absolute atomic E-state index is 0.0644. The molecule has 0 fully saturated rings. The second-order valence-electron chi connectivity index (χ2n) is 6.46. The molecule has 0 unspecified atom stereocenters. The molecule has 0 saturated carbocycles. The van der Waals surface area contributed by atoms with E-state index in [0.29, 0.717) is 17.4 Å². The van der Waals surface area contributed by atoms with E-state index < -0.39 is 0 Å². The molecular formula is C21H27NO4. The molecule has 0 radical (unpaired) electrons. The summed E-state index contributed by atoms with van der Waals surface area (Å²) in [6, 6.07) is 15.0. The molecule has 2 rings (SSSR count). The van der Waals surface area contributed by atoms with Gasteiger partial charge in [-0.25, -0.2) is 0 Å². The topological polar surface area (TPSA) is 56.8 Å². The van der Waals surface area contributed by atoms with Crippen molar-refractivity contribution in [2.24, 2.45) is 5.92 Å². The number of hydrogen-bond donors (Lipinski definition) is 1. The smallest absolute Gasteiger partial charge is 0.258 e. The quantitative estimate of drug-likeness (QED) is 0.737. The van der Waals surface area contributed by atoms with Gasteiger partial charge in [0.1, 0.15) is 5.75 Å². The summed E-state index contributed by atoms with van der Waals surface area (Å²) < 4.78 is 16.0. The third-order valence-electron chi connectivity index (χ3n) is 3.99. The van der Waals surface area contributed by atoms with Crippen LogP contribution in [0.5, 0.6) is 17.2 Å². The van der Waals surface area contributed by atoms with Crippen molar-refractivity contribution in [3.8, 4) is 17.2 Å². The first-order valence-electron chi connectivity index (χ1n) is 8.72. The Morgan fingerprint density at radius 1 is 0.962 bits per heavy atom. The fourth-order valence-corrected chi connectivity index (χ4v) is 2.70. The van der Waals surface area contributed by atoms with Gasteiger partial charge in [0, 0.05) is 0 Å². The summed E-state index contributed by atoms with van der Waals surface area (Å²) in [7, 11) is 3.21. The maximum atomic E-state index is 12.4. The van der Waals surface area contributed by atoms with Crippen LogP contribution >= 0.6 is 0 Å². The molecule has 2 aromatic rings. The van der Waals surface area contributed by atoms with E-state index >= 15 is 0 Å². The standard InChI is InChI=1S/C21H27NO4/c1-15(2)13-18(16-9-11-17(24-3)12-10-16)22-21(23)14-26-20-8-6-5-7-19(20)25-4/h5-12,15,18H,13-14H2,1-4H3,(H,22,23)/t18-/m1/s1. The molecule has 1 N–H and O–H groups in total. The van der Waals surface area contributed by atoms with Crippen LogP contribution in [0.3, 0.4) is 0 Å². The number of methoxy groups -OCH3 is 2. The Labute approximate surface area is 155 Å². The summed E-state index contributed by atoms with van der Waals surface area (Å²) in [6.07, 6.45) is 0.840. The predicted octanol–water partition coefficient (Wildman–Crippen LogP) is 3.99. The van der Waals surface area contributed by atoms with E-state index in [1.165, 1.54) is 0 Å². The van der Waals surface area contributed by atoms with Gasteiger partial charge in [0.05, 0.1) is 20.3 Å². The Morgan fingerprint density at radius 3 is 2.19 bits per heavy atom. The van der Waals surface area contributed by atoms with Gasteiger partial charge >= 0.3 is 0 Å². The maximum Gasteiger partial charge on any atom is 0.258 e. The van der Waals surface area contributed by atoms with Crippen LogP contribution in [0.25, 0.3) is 0 Å². The van der Waals surface area contributed by atoms with Crippen LogP contribution in [0.1, 0.15) is 31.9 Å². The lowest BCUT2D eigenvalue weighted by Gasteiger charge is -2.21. The Balaban J connectivity index is 2.01. The van der Waals surface area contributed by atoms with Gasteiger partial charge in [0.25, 0.3) is 5.91 Å². The normalized spacial score (nSPS) is 11.7. The average Bonchev–Trinajstić information content (AvgIpc) is 2.65. The van der Waals surface area contributed by atoms with Crippen molar-refractivity contribution in [2.45, 2.75) is 26.3 Å². The van der Waals surface area contributed by atoms with E-state index in [1.807, 2.05) is 36.4 Å². The van der Waals surface area contributed by atoms with Crippen LogP contribution in [0.4, 0.5) is 0 Å². The number of benzene rings is 2. The Kier molecular flexibility index (Phi) is 7.33. The van der Waals surface area contributed by atoms with Crippen LogP contribution in [0, 0.1) is 5.92 Å². The number of hydrogen-bond acceptors (Lipinski definition) is 4. The van der Waals surface area contributed by atoms with Gasteiger partial charge in [-0.15, -0.1) is 0 Å². The molecule has 0 bridgehead atoms. The number of carbonyl (C=O) groups excluding carboxylic acids is 1. The van der Waals surface area contributed by atoms with E-state index in [9.17, 15) is 4.79 Å². The van der Waals surface area contributed by atoms with Crippen LogP contribution in [-0.4, -0.2) is 26.7 Å². The van der Waals surface area contributed by atoms with Crippen LogP contribution in [0.15, 0.2) is 48.5 Å². The van der Waals surface area contributed by atoms with Crippen molar-refractivity contribution in [3.63, 3.8) is 0 Å². The number of ether oxygens (including phenoxy) is 3. The van der Waals surface area contributed by atoms with Gasteiger partial charge in [-0.05, 0) is 42.2 Å². The summed E-state index contributed by atoms with van der Waals surface area (Å²) >= 11 is 0. The molecule has 5 nitrogen and oxygen atoms in total. The highest BCUT2D eigenvalue weighted by Gasteiger charge is 2.17. The van der Waals surface area contributed by atoms with Crippen LogP contribution < -0.4 is 19.5 Å². The molecule has 1 amide bonds. The highest BCUT2D eigenvalue weighted by atomic mass is 16.5. The second kappa shape index (κ2) is 9.70. The van der Waals surface area contributed by atoms with Gasteiger partial charge in [-0.1, -0.05) is 38.1 Å². The first-order chi connectivity index (χ1) is 12.5. The molecule has 0 heterocycles. The summed E-state index contributed by atoms with van der Waals surface area (Å²) in [5, 5.41) is 3.06. The lowest BCUT2D eigenvalue weighted by molar-refractivity contribution is -0.124. The monoisotopic (exact) mass is 357 g/mol. The predicted molar refractivity (Wildman–Crippen MR) is 102 cm³/mol. The summed E-state index contributed by atoms with van der Waals surface area (Å²) in [5.74, 6) is 2.22. The summed E-state index contributed by atoms with van der Waals surface area (Å²) in [4.78, 5) is 12.4. The number of para-hydroxylation sites is 2. The van der Waals surface area contributed by atoms with Crippen molar-refractivity contribution in [1.82, 2.24) is 5.32 Å². The zero-order valence-electron chi connectivity index (χ0n) is 15.8. The number of carbonyl (C=O) groups is 1. The molecule has 2 aromatic carbocycles. The first kappa shape index (κ1) is 19.6. The lowest BCUT2D eigenvalue weighted by atomic mass is 9.97. The highest BCUT2D eigenvalue weighted by molar-refractivity contribution is 5.78. The lowest BCUT2D eigenvalue weighted by Crippen LogP contribution is -2.33. The SMILES string of the molecule is COc1ccc([C@@H](CC(C)C)NC(=O)COc2ccccc2OC)cc1. The summed E-state index contributed by atoms with van der Waals surface area (Å²) in [5.41, 5.74) is 1.05. The molecule has 5 heteroatoms. The fourth-order valence-electron chi connectivity index (χ4n) is 2.70. The largest absolute Gasteiger partial charge is 0.497 e. The van der Waals surface area contributed by atoms with Crippen molar-refractivity contribution in [2.75, 3.05) is 20.8 Å². The molecule has 0 aliphatic carbocycles. The Morgan fingerprint density at radius 2 is 1.62 bits per heavy atom. The van der Waals surface area contributed by atoms with E-state index in [2.05, 4.69) is 19.2 Å². The van der Waals surface area contributed by atoms with Crippen LogP contribution in [0.2, 0.25) is 0 Å². The number of amides is 1. The van der Waals surface area contributed by atoms with Gasteiger partial charge in [0.15, 0.2) is 18.1 Å². The molecule has 140 valence electrons. The molecule has 0 aromatic heterocycles. The van der Waals surface area contributed by atoms with E-state index in [-0.39, 0.29) is 18.6 Å². The van der Waals surface area contributed by atoms with E-state index in [1.54, 1.807) is 26.4 Å². The molecule has 0 saturated heterocycles. The zero-order chi connectivity index (χ0) is 18.9. The molecule has 0 aliphatic heterocycles. The summed E-state index contributed by atoms with van der Waals surface area (Å²) in [6.45, 7) is 4.20. The van der Waals surface area contributed by atoms with Crippen molar-refractivity contribution >= 4 is 5.91 Å². The minimum Gasteiger partial charge on any atom is -0.497 e. The van der Waals surface area contributed by atoms with Crippen molar-refractivity contribution in [1.29, 1.82) is 0 Å². The minimum atomic E-state index is -0.169. The molecule has 0 spiro atoms. The van der Waals surface area contributed by atoms with Gasteiger partial charge in [-0.2, -0.15) is 0 Å². The highest BCUT2D eigenvalue weighted by Crippen LogP contribution is 2.26. The van der Waals surface area contributed by atoms with Gasteiger partial charge in [0.2, 0.25) is 0 Å². The second-order valence-corrected chi connectivity index (χ2v) is 6.46. The molecule has 26 heavy (non-hydrogen) atoms. The van der Waals surface area contributed by atoms with Crippen molar-refractivity contribution in [3.05, 3.63) is 54.1 Å². The number of rotatable bonds is 9.